The van der Waals surface area contributed by atoms with Gasteiger partial charge in [0.2, 0.25) is 0 Å². The number of aliphatic hydroxyl groups is 1. The Morgan fingerprint density at radius 3 is 2.00 bits per heavy atom. The van der Waals surface area contributed by atoms with Gasteiger partial charge >= 0.3 is 0 Å². The number of hydrogen-bond donors (Lipinski definition) is 1. The van der Waals surface area contributed by atoms with E-state index in [9.17, 15) is 5.11 Å². The van der Waals surface area contributed by atoms with Gasteiger partial charge in [0.15, 0.2) is 0 Å². The van der Waals surface area contributed by atoms with Gasteiger partial charge in [-0.05, 0) is 33.3 Å². The summed E-state index contributed by atoms with van der Waals surface area (Å²) in [6, 6.07) is 6.33. The van der Waals surface area contributed by atoms with Crippen LogP contribution in [0.2, 0.25) is 0 Å². The minimum absolute atomic E-state index is 0.115. The van der Waals surface area contributed by atoms with Gasteiger partial charge in [0, 0.05) is 12.8 Å². The molecule has 94 valence electrons. The van der Waals surface area contributed by atoms with E-state index in [4.69, 9.17) is 4.74 Å². The first-order valence-corrected chi connectivity index (χ1v) is 6.36. The summed E-state index contributed by atoms with van der Waals surface area (Å²) in [7, 11) is 0. The molecule has 1 aliphatic heterocycles. The Bertz CT molecular complexity index is 381. The maximum Gasteiger partial charge on any atom is 0.0945 e. The Kier molecular flexibility index (Phi) is 3.28. The largest absolute Gasteiger partial charge is 0.385 e. The summed E-state index contributed by atoms with van der Waals surface area (Å²) in [5, 5.41) is 10.9. The number of benzene rings is 1. The van der Waals surface area contributed by atoms with Gasteiger partial charge in [0.1, 0.15) is 0 Å². The third-order valence-corrected chi connectivity index (χ3v) is 3.47. The molecular formula is C15H22O2. The normalized spacial score (nSPS) is 33.7. The summed E-state index contributed by atoms with van der Waals surface area (Å²) in [5.41, 5.74) is 2.73. The van der Waals surface area contributed by atoms with Crippen molar-refractivity contribution in [1.29, 1.82) is 0 Å². The SMILES string of the molecule is Cc1cc(C)cc(C2(O)CC(C)OC(C)C2)c1. The molecular weight excluding hydrogens is 212 g/mol. The predicted molar refractivity (Wildman–Crippen MR) is 69.1 cm³/mol. The zero-order chi connectivity index (χ0) is 12.6. The molecule has 1 fully saturated rings. The fourth-order valence-electron chi connectivity index (χ4n) is 3.01. The van der Waals surface area contributed by atoms with E-state index in [1.165, 1.54) is 11.1 Å². The summed E-state index contributed by atoms with van der Waals surface area (Å²) in [4.78, 5) is 0. The highest BCUT2D eigenvalue weighted by Crippen LogP contribution is 2.37. The maximum atomic E-state index is 10.9. The maximum absolute atomic E-state index is 10.9. The third kappa shape index (κ3) is 2.70. The van der Waals surface area contributed by atoms with E-state index in [-0.39, 0.29) is 12.2 Å². The molecule has 1 N–H and O–H groups in total. The van der Waals surface area contributed by atoms with Crippen molar-refractivity contribution >= 4 is 0 Å². The molecule has 2 nitrogen and oxygen atoms in total. The van der Waals surface area contributed by atoms with Crippen molar-refractivity contribution < 1.29 is 9.84 Å². The molecule has 0 bridgehead atoms. The van der Waals surface area contributed by atoms with E-state index in [0.29, 0.717) is 12.8 Å². The Morgan fingerprint density at radius 2 is 1.53 bits per heavy atom. The molecule has 0 spiro atoms. The van der Waals surface area contributed by atoms with Crippen LogP contribution in [0.3, 0.4) is 0 Å². The van der Waals surface area contributed by atoms with Gasteiger partial charge in [-0.2, -0.15) is 0 Å². The lowest BCUT2D eigenvalue weighted by Gasteiger charge is -2.39. The van der Waals surface area contributed by atoms with E-state index < -0.39 is 5.60 Å². The van der Waals surface area contributed by atoms with E-state index in [0.717, 1.165) is 5.56 Å². The number of hydrogen-bond acceptors (Lipinski definition) is 2. The Labute approximate surface area is 104 Å². The van der Waals surface area contributed by atoms with Crippen LogP contribution in [0.25, 0.3) is 0 Å². The van der Waals surface area contributed by atoms with Crippen molar-refractivity contribution in [3.05, 3.63) is 34.9 Å². The molecule has 0 amide bonds. The lowest BCUT2D eigenvalue weighted by Crippen LogP contribution is -2.41. The number of rotatable bonds is 1. The van der Waals surface area contributed by atoms with Crippen LogP contribution in [0, 0.1) is 13.8 Å². The summed E-state index contributed by atoms with van der Waals surface area (Å²) in [5.74, 6) is 0. The molecule has 1 aromatic carbocycles. The quantitative estimate of drug-likeness (QED) is 0.809. The van der Waals surface area contributed by atoms with Gasteiger partial charge in [-0.1, -0.05) is 29.3 Å². The van der Waals surface area contributed by atoms with Crippen LogP contribution in [0.4, 0.5) is 0 Å². The Morgan fingerprint density at radius 1 is 1.06 bits per heavy atom. The molecule has 0 aliphatic carbocycles. The van der Waals surface area contributed by atoms with Gasteiger partial charge in [-0.15, -0.1) is 0 Å². The summed E-state index contributed by atoms with van der Waals surface area (Å²) in [6.45, 7) is 8.21. The van der Waals surface area contributed by atoms with Crippen molar-refractivity contribution in [2.75, 3.05) is 0 Å². The molecule has 2 unspecified atom stereocenters. The smallest absolute Gasteiger partial charge is 0.0945 e. The third-order valence-electron chi connectivity index (χ3n) is 3.47. The molecule has 17 heavy (non-hydrogen) atoms. The molecule has 2 heteroatoms. The monoisotopic (exact) mass is 234 g/mol. The van der Waals surface area contributed by atoms with Gasteiger partial charge in [-0.25, -0.2) is 0 Å². The summed E-state index contributed by atoms with van der Waals surface area (Å²) in [6.07, 6.45) is 1.59. The molecule has 0 aromatic heterocycles. The summed E-state index contributed by atoms with van der Waals surface area (Å²) >= 11 is 0. The first-order valence-electron chi connectivity index (χ1n) is 6.36. The van der Waals surface area contributed by atoms with Crippen molar-refractivity contribution in [3.63, 3.8) is 0 Å². The van der Waals surface area contributed by atoms with E-state index in [2.05, 4.69) is 32.0 Å². The van der Waals surface area contributed by atoms with Crippen molar-refractivity contribution in [2.45, 2.75) is 58.3 Å². The molecule has 2 rings (SSSR count). The minimum atomic E-state index is -0.728. The van der Waals surface area contributed by atoms with Crippen LogP contribution < -0.4 is 0 Å². The molecule has 2 atom stereocenters. The van der Waals surface area contributed by atoms with Gasteiger partial charge < -0.3 is 9.84 Å². The Balaban J connectivity index is 2.36. The van der Waals surface area contributed by atoms with Crippen LogP contribution in [0.15, 0.2) is 18.2 Å². The zero-order valence-electron chi connectivity index (χ0n) is 11.2. The predicted octanol–water partition coefficient (Wildman–Crippen LogP) is 3.08. The van der Waals surface area contributed by atoms with E-state index in [1.54, 1.807) is 0 Å². The average molecular weight is 234 g/mol. The van der Waals surface area contributed by atoms with Crippen LogP contribution in [0.5, 0.6) is 0 Å². The van der Waals surface area contributed by atoms with Crippen LogP contribution in [-0.4, -0.2) is 17.3 Å². The lowest BCUT2D eigenvalue weighted by atomic mass is 9.81. The molecule has 0 radical (unpaired) electrons. The first kappa shape index (κ1) is 12.6. The fourth-order valence-corrected chi connectivity index (χ4v) is 3.01. The average Bonchev–Trinajstić information content (AvgIpc) is 2.13. The second-order valence-electron chi connectivity index (χ2n) is 5.57. The first-order chi connectivity index (χ1) is 7.89. The molecule has 1 heterocycles. The van der Waals surface area contributed by atoms with E-state index >= 15 is 0 Å². The van der Waals surface area contributed by atoms with Gasteiger partial charge in [0.05, 0.1) is 17.8 Å². The molecule has 1 saturated heterocycles. The van der Waals surface area contributed by atoms with Gasteiger partial charge in [-0.3, -0.25) is 0 Å². The van der Waals surface area contributed by atoms with Crippen LogP contribution in [0.1, 0.15) is 43.4 Å². The van der Waals surface area contributed by atoms with Crippen LogP contribution >= 0.6 is 0 Å². The second kappa shape index (κ2) is 4.43. The number of aryl methyl sites for hydroxylation is 2. The molecule has 1 aliphatic rings. The second-order valence-corrected chi connectivity index (χ2v) is 5.57. The highest BCUT2D eigenvalue weighted by molar-refractivity contribution is 5.33. The highest BCUT2D eigenvalue weighted by Gasteiger charge is 2.38. The van der Waals surface area contributed by atoms with E-state index in [1.807, 2.05) is 13.8 Å². The lowest BCUT2D eigenvalue weighted by molar-refractivity contribution is -0.135. The molecule has 1 aromatic rings. The number of ether oxygens (including phenoxy) is 1. The standard InChI is InChI=1S/C15H22O2/c1-10-5-11(2)7-14(6-10)15(16)8-12(3)17-13(4)9-15/h5-7,12-13,16H,8-9H2,1-4H3. The van der Waals surface area contributed by atoms with Gasteiger partial charge in [0.25, 0.3) is 0 Å². The Hall–Kier alpha value is -0.860. The molecule has 0 saturated carbocycles. The minimum Gasteiger partial charge on any atom is -0.385 e. The highest BCUT2D eigenvalue weighted by atomic mass is 16.5. The van der Waals surface area contributed by atoms with Crippen molar-refractivity contribution in [1.82, 2.24) is 0 Å². The zero-order valence-corrected chi connectivity index (χ0v) is 11.2. The summed E-state index contributed by atoms with van der Waals surface area (Å²) < 4.78 is 5.70. The van der Waals surface area contributed by atoms with Crippen LogP contribution in [-0.2, 0) is 10.3 Å². The fraction of sp³-hybridized carbons (Fsp3) is 0.600. The van der Waals surface area contributed by atoms with Crippen molar-refractivity contribution in [2.24, 2.45) is 0 Å². The van der Waals surface area contributed by atoms with Crippen molar-refractivity contribution in [3.8, 4) is 0 Å². The topological polar surface area (TPSA) is 29.5 Å².